The lowest BCUT2D eigenvalue weighted by Gasteiger charge is -2.35. The van der Waals surface area contributed by atoms with Crippen LogP contribution in [0.2, 0.25) is 5.02 Å². The molecule has 1 saturated heterocycles. The van der Waals surface area contributed by atoms with E-state index in [0.29, 0.717) is 23.9 Å². The number of anilines is 2. The predicted molar refractivity (Wildman–Crippen MR) is 126 cm³/mol. The van der Waals surface area contributed by atoms with E-state index < -0.39 is 0 Å². The Hall–Kier alpha value is -3.33. The molecular weight excluding hydrogens is 442 g/mol. The molecule has 2 aliphatic rings. The number of hydrogen-bond acceptors (Lipinski definition) is 7. The number of aromatic nitrogens is 4. The number of ether oxygens (including phenoxy) is 1. The minimum absolute atomic E-state index is 0.205. The Morgan fingerprint density at radius 2 is 1.82 bits per heavy atom. The third-order valence-corrected chi connectivity index (χ3v) is 6.05. The van der Waals surface area contributed by atoms with E-state index in [4.69, 9.17) is 16.3 Å². The van der Waals surface area contributed by atoms with E-state index in [1.807, 2.05) is 61.0 Å². The van der Waals surface area contributed by atoms with Gasteiger partial charge in [0.05, 0.1) is 24.9 Å². The summed E-state index contributed by atoms with van der Waals surface area (Å²) in [7, 11) is 0. The van der Waals surface area contributed by atoms with Crippen molar-refractivity contribution in [3.63, 3.8) is 0 Å². The van der Waals surface area contributed by atoms with Gasteiger partial charge in [0.25, 0.3) is 0 Å². The molecule has 0 N–H and O–H groups in total. The monoisotopic (exact) mass is 467 g/mol. The summed E-state index contributed by atoms with van der Waals surface area (Å²) in [4.78, 5) is 23.4. The SMILES string of the molecule is CC(C)OC(=O)N1Cc2cc(Cl)ccc2-n2c(nnc2N2CCN(c3ccccn3)CC2)C1. The van der Waals surface area contributed by atoms with Crippen LogP contribution in [0.5, 0.6) is 0 Å². The van der Waals surface area contributed by atoms with Crippen LogP contribution in [0.15, 0.2) is 42.6 Å². The zero-order valence-corrected chi connectivity index (χ0v) is 19.4. The summed E-state index contributed by atoms with van der Waals surface area (Å²) in [6.07, 6.45) is 1.24. The van der Waals surface area contributed by atoms with Crippen molar-refractivity contribution in [2.75, 3.05) is 36.0 Å². The minimum atomic E-state index is -0.377. The molecule has 0 spiro atoms. The molecule has 0 radical (unpaired) electrons. The molecule has 0 unspecified atom stereocenters. The lowest BCUT2D eigenvalue weighted by atomic mass is 10.1. The maximum Gasteiger partial charge on any atom is 0.410 e. The average molecular weight is 468 g/mol. The second-order valence-corrected chi connectivity index (χ2v) is 8.91. The van der Waals surface area contributed by atoms with E-state index in [1.165, 1.54) is 0 Å². The van der Waals surface area contributed by atoms with Gasteiger partial charge in [-0.3, -0.25) is 9.47 Å². The first-order chi connectivity index (χ1) is 16.0. The van der Waals surface area contributed by atoms with Gasteiger partial charge in [-0.1, -0.05) is 17.7 Å². The van der Waals surface area contributed by atoms with Crippen LogP contribution in [0.3, 0.4) is 0 Å². The van der Waals surface area contributed by atoms with Crippen molar-refractivity contribution in [1.29, 1.82) is 0 Å². The Morgan fingerprint density at radius 1 is 1.03 bits per heavy atom. The van der Waals surface area contributed by atoms with Crippen LogP contribution in [-0.4, -0.2) is 63.0 Å². The highest BCUT2D eigenvalue weighted by atomic mass is 35.5. The number of amides is 1. The van der Waals surface area contributed by atoms with Crippen LogP contribution < -0.4 is 9.80 Å². The fourth-order valence-electron chi connectivity index (χ4n) is 4.27. The smallest absolute Gasteiger partial charge is 0.410 e. The van der Waals surface area contributed by atoms with Gasteiger partial charge in [0, 0.05) is 37.4 Å². The van der Waals surface area contributed by atoms with E-state index in [9.17, 15) is 4.79 Å². The number of nitrogens with zero attached hydrogens (tertiary/aromatic N) is 7. The van der Waals surface area contributed by atoms with E-state index in [1.54, 1.807) is 4.90 Å². The number of benzene rings is 1. The molecule has 172 valence electrons. The molecule has 2 aliphatic heterocycles. The van der Waals surface area contributed by atoms with Crippen molar-refractivity contribution in [2.45, 2.75) is 33.0 Å². The number of pyridine rings is 1. The summed E-state index contributed by atoms with van der Waals surface area (Å²) >= 11 is 6.31. The lowest BCUT2D eigenvalue weighted by molar-refractivity contribution is 0.0718. The van der Waals surface area contributed by atoms with Crippen LogP contribution >= 0.6 is 11.6 Å². The quantitative estimate of drug-likeness (QED) is 0.583. The number of fused-ring (bicyclic) bond motifs is 3. The van der Waals surface area contributed by atoms with E-state index in [2.05, 4.69) is 25.0 Å². The van der Waals surface area contributed by atoms with Crippen molar-refractivity contribution < 1.29 is 9.53 Å². The minimum Gasteiger partial charge on any atom is -0.447 e. The summed E-state index contributed by atoms with van der Waals surface area (Å²) in [5.41, 5.74) is 1.86. The predicted octanol–water partition coefficient (Wildman–Crippen LogP) is 3.50. The van der Waals surface area contributed by atoms with Gasteiger partial charge in [-0.25, -0.2) is 9.78 Å². The summed E-state index contributed by atoms with van der Waals surface area (Å²) in [6, 6.07) is 11.7. The summed E-state index contributed by atoms with van der Waals surface area (Å²) in [5, 5.41) is 9.61. The largest absolute Gasteiger partial charge is 0.447 e. The third kappa shape index (κ3) is 4.32. The first-order valence-electron chi connectivity index (χ1n) is 11.1. The van der Waals surface area contributed by atoms with E-state index in [0.717, 1.165) is 49.2 Å². The Bertz CT molecular complexity index is 1140. The van der Waals surface area contributed by atoms with Gasteiger partial charge in [-0.15, -0.1) is 10.2 Å². The molecule has 1 amide bonds. The zero-order chi connectivity index (χ0) is 22.9. The molecular formula is C23H26ClN7O2. The number of carbonyl (C=O) groups is 1. The number of piperazine rings is 1. The van der Waals surface area contributed by atoms with Gasteiger partial charge in [-0.05, 0) is 49.7 Å². The Kier molecular flexibility index (Phi) is 5.80. The summed E-state index contributed by atoms with van der Waals surface area (Å²) < 4.78 is 7.50. The van der Waals surface area contributed by atoms with Gasteiger partial charge in [0.2, 0.25) is 5.95 Å². The van der Waals surface area contributed by atoms with Gasteiger partial charge in [0.15, 0.2) is 5.82 Å². The normalized spacial score (nSPS) is 15.8. The van der Waals surface area contributed by atoms with Gasteiger partial charge >= 0.3 is 6.09 Å². The molecule has 10 heteroatoms. The van der Waals surface area contributed by atoms with Crippen molar-refractivity contribution in [1.82, 2.24) is 24.6 Å². The molecule has 4 heterocycles. The van der Waals surface area contributed by atoms with Gasteiger partial charge < -0.3 is 14.5 Å². The summed E-state index contributed by atoms with van der Waals surface area (Å²) in [6.45, 7) is 7.61. The molecule has 3 aromatic rings. The first-order valence-corrected chi connectivity index (χ1v) is 11.5. The standard InChI is InChI=1S/C23H26ClN7O2/c1-16(2)33-23(32)30-14-17-13-18(24)6-7-19(17)31-21(15-30)26-27-22(31)29-11-9-28(10-12-29)20-5-3-4-8-25-20/h3-8,13,16H,9-12,14-15H2,1-2H3. The molecule has 0 aliphatic carbocycles. The van der Waals surface area contributed by atoms with Crippen LogP contribution in [0.4, 0.5) is 16.6 Å². The van der Waals surface area contributed by atoms with Crippen LogP contribution in [0.25, 0.3) is 5.69 Å². The lowest BCUT2D eigenvalue weighted by Crippen LogP contribution is -2.47. The molecule has 0 saturated carbocycles. The average Bonchev–Trinajstić information content (AvgIpc) is 3.15. The van der Waals surface area contributed by atoms with Crippen molar-refractivity contribution in [2.24, 2.45) is 0 Å². The van der Waals surface area contributed by atoms with Crippen LogP contribution in [0.1, 0.15) is 25.2 Å². The van der Waals surface area contributed by atoms with Crippen molar-refractivity contribution >= 4 is 29.5 Å². The molecule has 2 aromatic heterocycles. The van der Waals surface area contributed by atoms with Crippen LogP contribution in [0, 0.1) is 0 Å². The summed E-state index contributed by atoms with van der Waals surface area (Å²) in [5.74, 6) is 2.45. The second kappa shape index (κ2) is 8.90. The van der Waals surface area contributed by atoms with Crippen LogP contribution in [-0.2, 0) is 17.8 Å². The Morgan fingerprint density at radius 3 is 2.55 bits per heavy atom. The molecule has 1 fully saturated rings. The fraction of sp³-hybridized carbons (Fsp3) is 0.391. The molecule has 0 bridgehead atoms. The highest BCUT2D eigenvalue weighted by Crippen LogP contribution is 2.31. The zero-order valence-electron chi connectivity index (χ0n) is 18.7. The maximum absolute atomic E-state index is 12.7. The van der Waals surface area contributed by atoms with Crippen molar-refractivity contribution in [3.8, 4) is 5.69 Å². The fourth-order valence-corrected chi connectivity index (χ4v) is 4.47. The second-order valence-electron chi connectivity index (χ2n) is 8.48. The Balaban J connectivity index is 1.45. The topological polar surface area (TPSA) is 79.6 Å². The van der Waals surface area contributed by atoms with Gasteiger partial charge in [0.1, 0.15) is 5.82 Å². The number of carbonyl (C=O) groups excluding carboxylic acids is 1. The molecule has 0 atom stereocenters. The maximum atomic E-state index is 12.7. The first kappa shape index (κ1) is 21.5. The van der Waals surface area contributed by atoms with E-state index in [-0.39, 0.29) is 12.2 Å². The van der Waals surface area contributed by atoms with E-state index >= 15 is 0 Å². The molecule has 5 rings (SSSR count). The number of halogens is 1. The number of hydrogen-bond donors (Lipinski definition) is 0. The number of rotatable bonds is 3. The third-order valence-electron chi connectivity index (χ3n) is 5.82. The van der Waals surface area contributed by atoms with Crippen molar-refractivity contribution in [3.05, 3.63) is 59.0 Å². The Labute approximate surface area is 197 Å². The molecule has 33 heavy (non-hydrogen) atoms. The highest BCUT2D eigenvalue weighted by molar-refractivity contribution is 6.30. The highest BCUT2D eigenvalue weighted by Gasteiger charge is 2.30. The van der Waals surface area contributed by atoms with Gasteiger partial charge in [-0.2, -0.15) is 0 Å². The molecule has 1 aromatic carbocycles. The molecule has 9 nitrogen and oxygen atoms in total.